The molecule has 2 atom stereocenters. The highest BCUT2D eigenvalue weighted by Crippen LogP contribution is 2.15. The molecule has 1 rings (SSSR count). The second-order valence-electron chi connectivity index (χ2n) is 4.05. The molecular weight excluding hydrogens is 302 g/mol. The Bertz CT molecular complexity index is 453. The zero-order valence-electron chi connectivity index (χ0n) is 9.98. The van der Waals surface area contributed by atoms with Crippen LogP contribution >= 0.6 is 15.9 Å². The van der Waals surface area contributed by atoms with Crippen LogP contribution in [0.2, 0.25) is 0 Å². The summed E-state index contributed by atoms with van der Waals surface area (Å²) in [5.74, 6) is -1.81. The summed E-state index contributed by atoms with van der Waals surface area (Å²) in [5.41, 5.74) is 1.22. The minimum Gasteiger partial charge on any atom is -0.480 e. The number of aliphatic hydroxyl groups excluding tert-OH is 1. The smallest absolute Gasteiger partial charge is 0.328 e. The average molecular weight is 316 g/mol. The molecule has 0 saturated carbocycles. The average Bonchev–Trinajstić information content (AvgIpc) is 2.23. The van der Waals surface area contributed by atoms with E-state index >= 15 is 0 Å². The molecule has 2 unspecified atom stereocenters. The van der Waals surface area contributed by atoms with Gasteiger partial charge in [0.25, 0.3) is 5.91 Å². The summed E-state index contributed by atoms with van der Waals surface area (Å²) in [5, 5.41) is 20.4. The van der Waals surface area contributed by atoms with Crippen LogP contribution in [0.1, 0.15) is 22.8 Å². The van der Waals surface area contributed by atoms with Crippen LogP contribution in [0.3, 0.4) is 0 Å². The Labute approximate surface area is 113 Å². The van der Waals surface area contributed by atoms with Crippen molar-refractivity contribution in [3.8, 4) is 0 Å². The van der Waals surface area contributed by atoms with Gasteiger partial charge in [-0.2, -0.15) is 0 Å². The SMILES string of the molecule is Cc1cc(Br)cc(C(=O)NC(C(=O)O)C(C)O)c1. The van der Waals surface area contributed by atoms with Crippen molar-refractivity contribution in [1.29, 1.82) is 0 Å². The van der Waals surface area contributed by atoms with Gasteiger partial charge in [-0.25, -0.2) is 4.79 Å². The molecule has 0 bridgehead atoms. The highest BCUT2D eigenvalue weighted by atomic mass is 79.9. The van der Waals surface area contributed by atoms with Crippen molar-refractivity contribution in [2.24, 2.45) is 0 Å². The van der Waals surface area contributed by atoms with Crippen molar-refractivity contribution >= 4 is 27.8 Å². The van der Waals surface area contributed by atoms with Gasteiger partial charge in [0.05, 0.1) is 6.10 Å². The molecule has 0 aliphatic heterocycles. The van der Waals surface area contributed by atoms with Crippen LogP contribution in [-0.2, 0) is 4.79 Å². The van der Waals surface area contributed by atoms with Gasteiger partial charge < -0.3 is 15.5 Å². The maximum Gasteiger partial charge on any atom is 0.328 e. The van der Waals surface area contributed by atoms with E-state index in [1.54, 1.807) is 12.1 Å². The van der Waals surface area contributed by atoms with Crippen LogP contribution in [0.25, 0.3) is 0 Å². The first kappa shape index (κ1) is 14.7. The Morgan fingerprint density at radius 1 is 1.33 bits per heavy atom. The molecule has 0 fully saturated rings. The van der Waals surface area contributed by atoms with Gasteiger partial charge in [-0.15, -0.1) is 0 Å². The number of halogens is 1. The Morgan fingerprint density at radius 3 is 2.39 bits per heavy atom. The molecule has 0 aliphatic rings. The Hall–Kier alpha value is -1.40. The molecule has 6 heteroatoms. The van der Waals surface area contributed by atoms with Crippen molar-refractivity contribution in [2.75, 3.05) is 0 Å². The number of aryl methyl sites for hydroxylation is 1. The van der Waals surface area contributed by atoms with Crippen LogP contribution in [0.4, 0.5) is 0 Å². The van der Waals surface area contributed by atoms with E-state index in [0.717, 1.165) is 10.0 Å². The van der Waals surface area contributed by atoms with E-state index in [4.69, 9.17) is 5.11 Å². The fraction of sp³-hybridized carbons (Fsp3) is 0.333. The number of amides is 1. The second-order valence-corrected chi connectivity index (χ2v) is 4.96. The third kappa shape index (κ3) is 3.82. The summed E-state index contributed by atoms with van der Waals surface area (Å²) in [6.07, 6.45) is -1.17. The number of carboxylic acids is 1. The lowest BCUT2D eigenvalue weighted by Gasteiger charge is -2.17. The number of nitrogens with one attached hydrogen (secondary N) is 1. The van der Waals surface area contributed by atoms with E-state index in [-0.39, 0.29) is 0 Å². The first-order valence-corrected chi connectivity index (χ1v) is 6.09. The molecule has 3 N–H and O–H groups in total. The maximum atomic E-state index is 11.9. The number of rotatable bonds is 4. The van der Waals surface area contributed by atoms with Crippen LogP contribution in [0.15, 0.2) is 22.7 Å². The number of benzene rings is 1. The number of hydrogen-bond acceptors (Lipinski definition) is 3. The molecule has 0 heterocycles. The molecule has 0 aromatic heterocycles. The monoisotopic (exact) mass is 315 g/mol. The lowest BCUT2D eigenvalue weighted by molar-refractivity contribution is -0.141. The van der Waals surface area contributed by atoms with Crippen molar-refractivity contribution in [2.45, 2.75) is 26.0 Å². The topological polar surface area (TPSA) is 86.6 Å². The van der Waals surface area contributed by atoms with E-state index in [2.05, 4.69) is 21.2 Å². The van der Waals surface area contributed by atoms with E-state index in [9.17, 15) is 14.7 Å². The van der Waals surface area contributed by atoms with Crippen molar-refractivity contribution in [1.82, 2.24) is 5.32 Å². The lowest BCUT2D eigenvalue weighted by Crippen LogP contribution is -2.47. The summed E-state index contributed by atoms with van der Waals surface area (Å²) in [7, 11) is 0. The predicted molar refractivity (Wildman–Crippen MR) is 69.4 cm³/mol. The number of hydrogen-bond donors (Lipinski definition) is 3. The summed E-state index contributed by atoms with van der Waals surface area (Å²) < 4.78 is 0.733. The molecule has 0 spiro atoms. The second kappa shape index (κ2) is 5.97. The maximum absolute atomic E-state index is 11.9. The Balaban J connectivity index is 2.90. The molecule has 0 aliphatic carbocycles. The number of carbonyl (C=O) groups excluding carboxylic acids is 1. The molecule has 0 radical (unpaired) electrons. The number of carboxylic acid groups (broad SMARTS) is 1. The third-order valence-corrected chi connectivity index (χ3v) is 2.80. The van der Waals surface area contributed by atoms with Crippen LogP contribution in [0, 0.1) is 6.92 Å². The van der Waals surface area contributed by atoms with Gasteiger partial charge in [0.15, 0.2) is 6.04 Å². The molecular formula is C12H14BrNO4. The van der Waals surface area contributed by atoms with Crippen molar-refractivity contribution in [3.05, 3.63) is 33.8 Å². The summed E-state index contributed by atoms with van der Waals surface area (Å²) >= 11 is 3.26. The fourth-order valence-electron chi connectivity index (χ4n) is 1.48. The van der Waals surface area contributed by atoms with Gasteiger partial charge in [0, 0.05) is 10.0 Å². The Kier molecular flexibility index (Phi) is 4.86. The van der Waals surface area contributed by atoms with Gasteiger partial charge in [0.1, 0.15) is 0 Å². The summed E-state index contributed by atoms with van der Waals surface area (Å²) in [6, 6.07) is 3.74. The first-order chi connectivity index (χ1) is 8.31. The molecule has 1 aromatic carbocycles. The summed E-state index contributed by atoms with van der Waals surface area (Å²) in [6.45, 7) is 3.14. The van der Waals surface area contributed by atoms with Crippen LogP contribution in [0.5, 0.6) is 0 Å². The highest BCUT2D eigenvalue weighted by Gasteiger charge is 2.25. The van der Waals surface area contributed by atoms with Crippen molar-refractivity contribution in [3.63, 3.8) is 0 Å². The third-order valence-electron chi connectivity index (χ3n) is 2.34. The quantitative estimate of drug-likeness (QED) is 0.782. The number of aliphatic carboxylic acids is 1. The molecule has 98 valence electrons. The molecule has 18 heavy (non-hydrogen) atoms. The molecule has 5 nitrogen and oxygen atoms in total. The highest BCUT2D eigenvalue weighted by molar-refractivity contribution is 9.10. The summed E-state index contributed by atoms with van der Waals surface area (Å²) in [4.78, 5) is 22.7. The van der Waals surface area contributed by atoms with E-state index < -0.39 is 24.0 Å². The number of aliphatic hydroxyl groups is 1. The number of carbonyl (C=O) groups is 2. The minimum atomic E-state index is -1.32. The van der Waals surface area contributed by atoms with E-state index in [0.29, 0.717) is 5.56 Å². The zero-order valence-corrected chi connectivity index (χ0v) is 11.6. The van der Waals surface area contributed by atoms with Gasteiger partial charge in [0.2, 0.25) is 0 Å². The van der Waals surface area contributed by atoms with E-state index in [1.807, 2.05) is 13.0 Å². The first-order valence-electron chi connectivity index (χ1n) is 5.30. The van der Waals surface area contributed by atoms with E-state index in [1.165, 1.54) is 6.92 Å². The van der Waals surface area contributed by atoms with Gasteiger partial charge >= 0.3 is 5.97 Å². The van der Waals surface area contributed by atoms with Gasteiger partial charge in [-0.05, 0) is 37.6 Å². The van der Waals surface area contributed by atoms with Gasteiger partial charge in [-0.3, -0.25) is 4.79 Å². The largest absolute Gasteiger partial charge is 0.480 e. The van der Waals surface area contributed by atoms with Crippen molar-refractivity contribution < 1.29 is 19.8 Å². The van der Waals surface area contributed by atoms with Crippen LogP contribution < -0.4 is 5.32 Å². The molecule has 1 amide bonds. The van der Waals surface area contributed by atoms with Crippen LogP contribution in [-0.4, -0.2) is 34.2 Å². The predicted octanol–water partition coefficient (Wildman–Crippen LogP) is 1.32. The van der Waals surface area contributed by atoms with Gasteiger partial charge in [-0.1, -0.05) is 15.9 Å². The minimum absolute atomic E-state index is 0.341. The molecule has 1 aromatic rings. The normalized spacial score (nSPS) is 13.8. The Morgan fingerprint density at radius 2 is 1.94 bits per heavy atom. The lowest BCUT2D eigenvalue weighted by atomic mass is 10.1. The standard InChI is InChI=1S/C12H14BrNO4/c1-6-3-8(5-9(13)4-6)11(16)14-10(7(2)15)12(17)18/h3-5,7,10,15H,1-2H3,(H,14,16)(H,17,18). The molecule has 0 saturated heterocycles. The fourth-order valence-corrected chi connectivity index (χ4v) is 2.09. The zero-order chi connectivity index (χ0) is 13.9.